The molecule has 0 bridgehead atoms. The number of benzene rings is 2. The lowest BCUT2D eigenvalue weighted by atomic mass is 10.0. The van der Waals surface area contributed by atoms with Crippen LogP contribution in [0.4, 0.5) is 11.9 Å². The van der Waals surface area contributed by atoms with Crippen molar-refractivity contribution in [1.82, 2.24) is 15.0 Å². The van der Waals surface area contributed by atoms with E-state index in [0.717, 1.165) is 5.56 Å². The van der Waals surface area contributed by atoms with Crippen molar-refractivity contribution in [1.29, 1.82) is 0 Å². The zero-order valence-electron chi connectivity index (χ0n) is 19.5. The summed E-state index contributed by atoms with van der Waals surface area (Å²) in [5.41, 5.74) is 1.76. The third-order valence-corrected chi connectivity index (χ3v) is 7.15. The van der Waals surface area contributed by atoms with Crippen LogP contribution in [0.25, 0.3) is 0 Å². The second-order valence-electron chi connectivity index (χ2n) is 8.44. The predicted octanol–water partition coefficient (Wildman–Crippen LogP) is 4.49. The minimum Gasteiger partial charge on any atom is -0.394 e. The van der Waals surface area contributed by atoms with Gasteiger partial charge in [0.2, 0.25) is 21.9 Å². The predicted molar refractivity (Wildman–Crippen MR) is 137 cm³/mol. The van der Waals surface area contributed by atoms with Crippen molar-refractivity contribution in [3.63, 3.8) is 0 Å². The molecule has 0 aliphatic heterocycles. The summed E-state index contributed by atoms with van der Waals surface area (Å²) in [7, 11) is -3.74. The number of thioether (sulfide) groups is 1. The van der Waals surface area contributed by atoms with Gasteiger partial charge in [-0.15, -0.1) is 0 Å². The van der Waals surface area contributed by atoms with E-state index >= 15 is 0 Å². The zero-order valence-corrected chi connectivity index (χ0v) is 21.2. The van der Waals surface area contributed by atoms with Crippen LogP contribution in [0.3, 0.4) is 0 Å². The normalized spacial score (nSPS) is 13.4. The average molecular weight is 502 g/mol. The highest BCUT2D eigenvalue weighted by Crippen LogP contribution is 2.33. The maximum Gasteiger partial charge on any atom is 0.242 e. The molecule has 0 aliphatic rings. The van der Waals surface area contributed by atoms with E-state index in [1.54, 1.807) is 24.3 Å². The maximum atomic E-state index is 12.8. The molecule has 1 heterocycles. The summed E-state index contributed by atoms with van der Waals surface area (Å²) in [6, 6.07) is 18.6. The number of nitrogens with one attached hydrogen (secondary N) is 2. The highest BCUT2D eigenvalue weighted by molar-refractivity contribution is 7.99. The third-order valence-electron chi connectivity index (χ3n) is 4.92. The quantitative estimate of drug-likeness (QED) is 0.311. The van der Waals surface area contributed by atoms with Crippen molar-refractivity contribution in [3.8, 4) is 0 Å². The van der Waals surface area contributed by atoms with Gasteiger partial charge < -0.3 is 10.4 Å². The largest absolute Gasteiger partial charge is 0.394 e. The smallest absolute Gasteiger partial charge is 0.242 e. The molecular weight excluding hydrogens is 470 g/mol. The van der Waals surface area contributed by atoms with Gasteiger partial charge in [-0.05, 0) is 30.4 Å². The van der Waals surface area contributed by atoms with Crippen molar-refractivity contribution >= 4 is 33.7 Å². The molecule has 1 unspecified atom stereocenters. The van der Waals surface area contributed by atoms with E-state index in [-0.39, 0.29) is 35.5 Å². The van der Waals surface area contributed by atoms with Gasteiger partial charge in [0, 0.05) is 5.25 Å². The van der Waals surface area contributed by atoms with E-state index in [1.807, 2.05) is 43.3 Å². The first-order valence-corrected chi connectivity index (χ1v) is 13.7. The number of aliphatic hydroxyl groups excluding tert-OH is 1. The van der Waals surface area contributed by atoms with Gasteiger partial charge in [0.05, 0.1) is 18.4 Å². The van der Waals surface area contributed by atoms with E-state index in [0.29, 0.717) is 23.1 Å². The Bertz CT molecular complexity index is 1150. The minimum atomic E-state index is -3.74. The van der Waals surface area contributed by atoms with Crippen molar-refractivity contribution in [3.05, 3.63) is 71.8 Å². The molecule has 10 heteroatoms. The monoisotopic (exact) mass is 501 g/mol. The summed E-state index contributed by atoms with van der Waals surface area (Å²) in [6.07, 6.45) is 0.708. The standard InChI is InChI=1S/C24H31N5O3S2/c1-17(2)14-21(15-30)25-22-26-23(29-34(31,32)16-19-10-6-4-7-11-19)28-24(27-22)33-18(3)20-12-8-5-9-13-20/h4-13,17-18,21,30H,14-16H2,1-3H3,(H2,25,26,27,28,29)/t18?,21-/m1/s1. The summed E-state index contributed by atoms with van der Waals surface area (Å²) >= 11 is 1.40. The van der Waals surface area contributed by atoms with Gasteiger partial charge in [-0.25, -0.2) is 8.42 Å². The van der Waals surface area contributed by atoms with Gasteiger partial charge in [0.25, 0.3) is 0 Å². The van der Waals surface area contributed by atoms with E-state index in [4.69, 9.17) is 0 Å². The topological polar surface area (TPSA) is 117 Å². The number of anilines is 2. The number of hydrogen-bond acceptors (Lipinski definition) is 8. The molecule has 2 aromatic carbocycles. The van der Waals surface area contributed by atoms with Gasteiger partial charge >= 0.3 is 0 Å². The van der Waals surface area contributed by atoms with Gasteiger partial charge in [0.15, 0.2) is 5.16 Å². The van der Waals surface area contributed by atoms with Crippen molar-refractivity contribution < 1.29 is 13.5 Å². The van der Waals surface area contributed by atoms with Crippen LogP contribution in [0.5, 0.6) is 0 Å². The number of nitrogens with zero attached hydrogens (tertiary/aromatic N) is 3. The molecule has 1 aromatic heterocycles. The van der Waals surface area contributed by atoms with E-state index in [9.17, 15) is 13.5 Å². The van der Waals surface area contributed by atoms with E-state index < -0.39 is 10.0 Å². The number of sulfonamides is 1. The van der Waals surface area contributed by atoms with Crippen LogP contribution in [0, 0.1) is 5.92 Å². The third kappa shape index (κ3) is 8.27. The number of hydrogen-bond donors (Lipinski definition) is 3. The molecule has 0 fully saturated rings. The summed E-state index contributed by atoms with van der Waals surface area (Å²) < 4.78 is 28.0. The van der Waals surface area contributed by atoms with Gasteiger partial charge in [0.1, 0.15) is 0 Å². The first-order valence-electron chi connectivity index (χ1n) is 11.1. The molecule has 0 amide bonds. The highest BCUT2D eigenvalue weighted by Gasteiger charge is 2.19. The fraction of sp³-hybridized carbons (Fsp3) is 0.375. The molecule has 8 nitrogen and oxygen atoms in total. The average Bonchev–Trinajstić information content (AvgIpc) is 2.78. The molecule has 182 valence electrons. The molecule has 0 saturated heterocycles. The summed E-state index contributed by atoms with van der Waals surface area (Å²) in [6.45, 7) is 6.06. The molecule has 0 spiro atoms. The van der Waals surface area contributed by atoms with Crippen LogP contribution in [-0.2, 0) is 15.8 Å². The molecule has 0 aliphatic carbocycles. The van der Waals surface area contributed by atoms with Crippen LogP contribution in [0.2, 0.25) is 0 Å². The first-order chi connectivity index (χ1) is 16.2. The van der Waals surface area contributed by atoms with Crippen LogP contribution < -0.4 is 10.0 Å². The van der Waals surface area contributed by atoms with Crippen molar-refractivity contribution in [2.75, 3.05) is 16.6 Å². The lowest BCUT2D eigenvalue weighted by Crippen LogP contribution is -2.27. The zero-order chi connectivity index (χ0) is 24.6. The van der Waals surface area contributed by atoms with E-state index in [1.165, 1.54) is 11.8 Å². The number of aliphatic hydroxyl groups is 1. The minimum absolute atomic E-state index is 0.0366. The second kappa shape index (κ2) is 12.1. The fourth-order valence-corrected chi connectivity index (χ4v) is 5.33. The Hall–Kier alpha value is -2.69. The summed E-state index contributed by atoms with van der Waals surface area (Å²) in [5.74, 6) is 0.312. The lowest BCUT2D eigenvalue weighted by Gasteiger charge is -2.19. The molecule has 3 aromatic rings. The van der Waals surface area contributed by atoms with Gasteiger partial charge in [-0.1, -0.05) is 86.3 Å². The van der Waals surface area contributed by atoms with Crippen LogP contribution >= 0.6 is 11.8 Å². The highest BCUT2D eigenvalue weighted by atomic mass is 32.2. The molecule has 34 heavy (non-hydrogen) atoms. The summed E-state index contributed by atoms with van der Waals surface area (Å²) in [4.78, 5) is 13.1. The molecule has 0 saturated carbocycles. The van der Waals surface area contributed by atoms with Crippen molar-refractivity contribution in [2.24, 2.45) is 5.92 Å². The van der Waals surface area contributed by atoms with E-state index in [2.05, 4.69) is 38.8 Å². The Labute approximate surface area is 205 Å². The van der Waals surface area contributed by atoms with Gasteiger partial charge in [-0.2, -0.15) is 15.0 Å². The van der Waals surface area contributed by atoms with Crippen LogP contribution in [0.1, 0.15) is 43.6 Å². The molecule has 0 radical (unpaired) electrons. The van der Waals surface area contributed by atoms with Crippen molar-refractivity contribution in [2.45, 2.75) is 49.4 Å². The lowest BCUT2D eigenvalue weighted by molar-refractivity contribution is 0.259. The van der Waals surface area contributed by atoms with Crippen LogP contribution in [0.15, 0.2) is 65.8 Å². The Morgan fingerprint density at radius 1 is 0.912 bits per heavy atom. The fourth-order valence-electron chi connectivity index (χ4n) is 3.37. The Kier molecular flexibility index (Phi) is 9.26. The SMILES string of the molecule is CC(C)C[C@H](CO)Nc1nc(NS(=O)(=O)Cc2ccccc2)nc(SC(C)c2ccccc2)n1. The Balaban J connectivity index is 1.86. The summed E-state index contributed by atoms with van der Waals surface area (Å²) in [5, 5.41) is 13.3. The Morgan fingerprint density at radius 3 is 2.15 bits per heavy atom. The Morgan fingerprint density at radius 2 is 1.53 bits per heavy atom. The molecular formula is C24H31N5O3S2. The molecule has 2 atom stereocenters. The number of aromatic nitrogens is 3. The number of rotatable bonds is 12. The van der Waals surface area contributed by atoms with Gasteiger partial charge in [-0.3, -0.25) is 4.72 Å². The second-order valence-corrected chi connectivity index (χ2v) is 11.5. The molecule has 3 N–H and O–H groups in total. The van der Waals surface area contributed by atoms with Crippen LogP contribution in [-0.4, -0.2) is 41.1 Å². The molecule has 3 rings (SSSR count). The maximum absolute atomic E-state index is 12.8. The first kappa shape index (κ1) is 25.9.